The van der Waals surface area contributed by atoms with Gasteiger partial charge in [-0.3, -0.25) is 14.9 Å². The number of hydrogen-bond acceptors (Lipinski definition) is 5. The zero-order valence-corrected chi connectivity index (χ0v) is 13.9. The molecule has 0 unspecified atom stereocenters. The summed E-state index contributed by atoms with van der Waals surface area (Å²) in [5.74, 6) is -0.118. The molecule has 126 valence electrons. The quantitative estimate of drug-likeness (QED) is 0.614. The van der Waals surface area contributed by atoms with E-state index >= 15 is 0 Å². The monoisotopic (exact) mass is 370 g/mol. The lowest BCUT2D eigenvalue weighted by molar-refractivity contribution is -0.385. The van der Waals surface area contributed by atoms with Crippen molar-refractivity contribution in [3.63, 3.8) is 0 Å². The van der Waals surface area contributed by atoms with Crippen LogP contribution in [0.15, 0.2) is 36.4 Å². The maximum Gasteiger partial charge on any atom is 0.273 e. The fourth-order valence-corrected chi connectivity index (χ4v) is 2.38. The van der Waals surface area contributed by atoms with E-state index in [0.29, 0.717) is 15.7 Å². The van der Waals surface area contributed by atoms with Gasteiger partial charge in [-0.1, -0.05) is 23.2 Å². The molecule has 1 N–H and O–H groups in total. The molecular weight excluding hydrogens is 359 g/mol. The SMILES string of the molecule is COc1ccc([N+](=O)[O-])cc1OCC(=O)Nc1cc(Cl)cc(Cl)c1. The Kier molecular flexibility index (Phi) is 5.83. The second-order valence-corrected chi connectivity index (χ2v) is 5.46. The highest BCUT2D eigenvalue weighted by Crippen LogP contribution is 2.31. The smallest absolute Gasteiger partial charge is 0.273 e. The topological polar surface area (TPSA) is 90.7 Å². The van der Waals surface area contributed by atoms with Crippen LogP contribution in [0.4, 0.5) is 11.4 Å². The van der Waals surface area contributed by atoms with Crippen LogP contribution in [-0.4, -0.2) is 24.5 Å². The molecule has 24 heavy (non-hydrogen) atoms. The van der Waals surface area contributed by atoms with E-state index in [0.717, 1.165) is 0 Å². The van der Waals surface area contributed by atoms with Crippen LogP contribution in [0.1, 0.15) is 0 Å². The molecule has 0 aliphatic heterocycles. The first-order chi connectivity index (χ1) is 11.4. The van der Waals surface area contributed by atoms with Gasteiger partial charge < -0.3 is 14.8 Å². The number of halogens is 2. The van der Waals surface area contributed by atoms with E-state index in [4.69, 9.17) is 32.7 Å². The Balaban J connectivity index is 2.05. The highest BCUT2D eigenvalue weighted by atomic mass is 35.5. The van der Waals surface area contributed by atoms with Gasteiger partial charge in [0.25, 0.3) is 11.6 Å². The first-order valence-corrected chi connectivity index (χ1v) is 7.36. The molecule has 0 aromatic heterocycles. The molecule has 0 aliphatic carbocycles. The van der Waals surface area contributed by atoms with Crippen molar-refractivity contribution < 1.29 is 19.2 Å². The maximum atomic E-state index is 11.9. The lowest BCUT2D eigenvalue weighted by Gasteiger charge is -2.11. The second-order valence-electron chi connectivity index (χ2n) is 4.59. The van der Waals surface area contributed by atoms with Crippen LogP contribution in [0.3, 0.4) is 0 Å². The minimum absolute atomic E-state index is 0.0889. The van der Waals surface area contributed by atoms with Gasteiger partial charge in [-0.05, 0) is 24.3 Å². The lowest BCUT2D eigenvalue weighted by Crippen LogP contribution is -2.20. The molecule has 0 atom stereocenters. The highest BCUT2D eigenvalue weighted by Gasteiger charge is 2.14. The van der Waals surface area contributed by atoms with E-state index < -0.39 is 10.8 Å². The summed E-state index contributed by atoms with van der Waals surface area (Å²) in [6.07, 6.45) is 0. The molecule has 1 amide bonds. The first-order valence-electron chi connectivity index (χ1n) is 6.60. The number of nitrogens with zero attached hydrogens (tertiary/aromatic N) is 1. The van der Waals surface area contributed by atoms with E-state index in [1.807, 2.05) is 0 Å². The zero-order valence-electron chi connectivity index (χ0n) is 12.4. The average molecular weight is 371 g/mol. The number of nitro groups is 1. The number of ether oxygens (including phenoxy) is 2. The second kappa shape index (κ2) is 7.85. The van der Waals surface area contributed by atoms with Crippen LogP contribution in [0.2, 0.25) is 10.0 Å². The molecule has 2 rings (SSSR count). The molecule has 0 fully saturated rings. The molecule has 0 bridgehead atoms. The normalized spacial score (nSPS) is 10.1. The number of carbonyl (C=O) groups is 1. The average Bonchev–Trinajstić information content (AvgIpc) is 2.51. The molecule has 9 heteroatoms. The number of anilines is 1. The Morgan fingerprint density at radius 3 is 2.42 bits per heavy atom. The van der Waals surface area contributed by atoms with E-state index in [9.17, 15) is 14.9 Å². The lowest BCUT2D eigenvalue weighted by atomic mass is 10.3. The minimum Gasteiger partial charge on any atom is -0.493 e. The Labute approximate surface area is 147 Å². The largest absolute Gasteiger partial charge is 0.493 e. The Hall–Kier alpha value is -2.51. The Morgan fingerprint density at radius 1 is 1.17 bits per heavy atom. The number of hydrogen-bond donors (Lipinski definition) is 1. The summed E-state index contributed by atoms with van der Waals surface area (Å²) >= 11 is 11.7. The van der Waals surface area contributed by atoms with Gasteiger partial charge >= 0.3 is 0 Å². The number of rotatable bonds is 6. The third-order valence-electron chi connectivity index (χ3n) is 2.86. The van der Waals surface area contributed by atoms with Gasteiger partial charge in [-0.25, -0.2) is 0 Å². The van der Waals surface area contributed by atoms with Gasteiger partial charge in [-0.15, -0.1) is 0 Å². The van der Waals surface area contributed by atoms with Gasteiger partial charge in [0.15, 0.2) is 18.1 Å². The molecule has 0 heterocycles. The van der Waals surface area contributed by atoms with E-state index in [-0.39, 0.29) is 23.8 Å². The van der Waals surface area contributed by atoms with Gasteiger partial charge in [0.1, 0.15) is 0 Å². The Morgan fingerprint density at radius 2 is 1.83 bits per heavy atom. The molecule has 0 radical (unpaired) electrons. The molecule has 0 spiro atoms. The van der Waals surface area contributed by atoms with Crippen molar-refractivity contribution in [2.75, 3.05) is 19.0 Å². The number of nitro benzene ring substituents is 1. The fourth-order valence-electron chi connectivity index (χ4n) is 1.86. The Bertz CT molecular complexity index is 762. The number of non-ortho nitro benzene ring substituents is 1. The predicted octanol–water partition coefficient (Wildman–Crippen LogP) is 3.93. The van der Waals surface area contributed by atoms with Gasteiger partial charge in [-0.2, -0.15) is 0 Å². The summed E-state index contributed by atoms with van der Waals surface area (Å²) < 4.78 is 10.4. The van der Waals surface area contributed by atoms with Gasteiger partial charge in [0.05, 0.1) is 18.1 Å². The van der Waals surface area contributed by atoms with Gasteiger partial charge in [0, 0.05) is 21.8 Å². The summed E-state index contributed by atoms with van der Waals surface area (Å²) in [7, 11) is 1.39. The van der Waals surface area contributed by atoms with Crippen LogP contribution in [0.5, 0.6) is 11.5 Å². The van der Waals surface area contributed by atoms with E-state index in [2.05, 4.69) is 5.32 Å². The van der Waals surface area contributed by atoms with E-state index in [1.54, 1.807) is 0 Å². The van der Waals surface area contributed by atoms with Crippen molar-refractivity contribution in [2.45, 2.75) is 0 Å². The standard InChI is InChI=1S/C15H12Cl2N2O5/c1-23-13-3-2-12(19(21)22)7-14(13)24-8-15(20)18-11-5-9(16)4-10(17)6-11/h2-7H,8H2,1H3,(H,18,20). The molecule has 0 aliphatic rings. The minimum atomic E-state index is -0.569. The molecule has 0 saturated carbocycles. The van der Waals surface area contributed by atoms with Gasteiger partial charge in [0.2, 0.25) is 0 Å². The summed E-state index contributed by atoms with van der Waals surface area (Å²) in [4.78, 5) is 22.2. The molecule has 7 nitrogen and oxygen atoms in total. The maximum absolute atomic E-state index is 11.9. The summed E-state index contributed by atoms with van der Waals surface area (Å²) in [6, 6.07) is 8.44. The molecule has 2 aromatic carbocycles. The summed E-state index contributed by atoms with van der Waals surface area (Å²) in [5.41, 5.74) is 0.236. The number of carbonyl (C=O) groups excluding carboxylic acids is 1. The molecular formula is C15H12Cl2N2O5. The first kappa shape index (κ1) is 17.8. The van der Waals surface area contributed by atoms with Crippen LogP contribution < -0.4 is 14.8 Å². The van der Waals surface area contributed by atoms with E-state index in [1.165, 1.54) is 43.5 Å². The number of benzene rings is 2. The summed E-state index contributed by atoms with van der Waals surface area (Å²) in [5, 5.41) is 14.1. The van der Waals surface area contributed by atoms with Crippen LogP contribution >= 0.6 is 23.2 Å². The fraction of sp³-hybridized carbons (Fsp3) is 0.133. The van der Waals surface area contributed by atoms with Crippen molar-refractivity contribution in [1.29, 1.82) is 0 Å². The van der Waals surface area contributed by atoms with Crippen LogP contribution in [0, 0.1) is 10.1 Å². The zero-order chi connectivity index (χ0) is 17.7. The van der Waals surface area contributed by atoms with Crippen molar-refractivity contribution in [3.05, 3.63) is 56.6 Å². The van der Waals surface area contributed by atoms with Crippen molar-refractivity contribution >= 4 is 40.5 Å². The van der Waals surface area contributed by atoms with Crippen molar-refractivity contribution in [2.24, 2.45) is 0 Å². The third kappa shape index (κ3) is 4.74. The third-order valence-corrected chi connectivity index (χ3v) is 3.30. The number of methoxy groups -OCH3 is 1. The van der Waals surface area contributed by atoms with Crippen molar-refractivity contribution in [3.8, 4) is 11.5 Å². The number of nitrogens with one attached hydrogen (secondary N) is 1. The summed E-state index contributed by atoms with van der Waals surface area (Å²) in [6.45, 7) is -0.373. The highest BCUT2D eigenvalue weighted by molar-refractivity contribution is 6.35. The number of amides is 1. The predicted molar refractivity (Wildman–Crippen MR) is 90.2 cm³/mol. The van der Waals surface area contributed by atoms with Crippen LogP contribution in [-0.2, 0) is 4.79 Å². The van der Waals surface area contributed by atoms with Crippen LogP contribution in [0.25, 0.3) is 0 Å². The van der Waals surface area contributed by atoms with Crippen molar-refractivity contribution in [1.82, 2.24) is 0 Å². The molecule has 0 saturated heterocycles. The molecule has 2 aromatic rings.